The van der Waals surface area contributed by atoms with Crippen molar-refractivity contribution in [2.24, 2.45) is 12.5 Å². The first kappa shape index (κ1) is 14.8. The van der Waals surface area contributed by atoms with Crippen LogP contribution in [-0.4, -0.2) is 64.4 Å². The maximum absolute atomic E-state index is 5.49. The van der Waals surface area contributed by atoms with Gasteiger partial charge in [-0.3, -0.25) is 9.58 Å². The first-order valence-electron chi connectivity index (χ1n) is 9.02. The minimum Gasteiger partial charge on any atom is -0.381 e. The molecule has 4 aliphatic rings. The highest BCUT2D eigenvalue weighted by Crippen LogP contribution is 2.46. The molecule has 0 bridgehead atoms. The Morgan fingerprint density at radius 3 is 2.70 bits per heavy atom. The molecule has 5 rings (SSSR count). The smallest absolute Gasteiger partial charge is 0.112 e. The summed E-state index contributed by atoms with van der Waals surface area (Å²) in [6.07, 6.45) is 6.15. The summed E-state index contributed by atoms with van der Waals surface area (Å²) in [5, 5.41) is 6.09. The second kappa shape index (κ2) is 5.48. The molecule has 0 aromatic carbocycles. The molecule has 1 aromatic rings. The first-order chi connectivity index (χ1) is 11.2. The topological polar surface area (TPSA) is 33.5 Å². The zero-order valence-corrected chi connectivity index (χ0v) is 14.8. The summed E-state index contributed by atoms with van der Waals surface area (Å²) >= 11 is 1.95. The van der Waals surface area contributed by atoms with E-state index in [-0.39, 0.29) is 0 Å². The molecular weight excluding hydrogens is 308 g/mol. The molecule has 6 heteroatoms. The molecule has 4 heterocycles. The monoisotopic (exact) mass is 334 g/mol. The third-order valence-corrected chi connectivity index (χ3v) is 7.23. The van der Waals surface area contributed by atoms with Crippen molar-refractivity contribution in [2.75, 3.05) is 39.4 Å². The van der Waals surface area contributed by atoms with E-state index in [0.29, 0.717) is 5.41 Å². The Labute approximate surface area is 142 Å². The molecule has 126 valence electrons. The number of aromatic nitrogens is 2. The number of ether oxygens (including phenoxy) is 1. The third kappa shape index (κ3) is 2.46. The van der Waals surface area contributed by atoms with E-state index in [1.54, 1.807) is 0 Å². The Hall–Kier alpha value is -0.560. The molecule has 0 saturated carbocycles. The minimum atomic E-state index is 0.590. The molecule has 3 fully saturated rings. The molecule has 3 saturated heterocycles. The van der Waals surface area contributed by atoms with Crippen molar-refractivity contribution in [1.29, 1.82) is 0 Å². The van der Waals surface area contributed by atoms with Gasteiger partial charge in [-0.1, -0.05) is 0 Å². The summed E-state index contributed by atoms with van der Waals surface area (Å²) < 4.78 is 10.1. The molecule has 3 aliphatic heterocycles. The van der Waals surface area contributed by atoms with Crippen molar-refractivity contribution in [1.82, 2.24) is 19.0 Å². The van der Waals surface area contributed by atoms with Gasteiger partial charge in [0.1, 0.15) is 5.03 Å². The second-order valence-corrected chi connectivity index (χ2v) is 8.93. The van der Waals surface area contributed by atoms with Gasteiger partial charge in [-0.05, 0) is 44.1 Å². The van der Waals surface area contributed by atoms with Gasteiger partial charge < -0.3 is 4.74 Å². The minimum absolute atomic E-state index is 0.590. The summed E-state index contributed by atoms with van der Waals surface area (Å²) in [7, 11) is 2.10. The highest BCUT2D eigenvalue weighted by molar-refractivity contribution is 7.97. The molecule has 5 nitrogen and oxygen atoms in total. The van der Waals surface area contributed by atoms with E-state index in [1.807, 2.05) is 11.9 Å². The van der Waals surface area contributed by atoms with Crippen LogP contribution in [0.5, 0.6) is 0 Å². The van der Waals surface area contributed by atoms with Crippen LogP contribution >= 0.6 is 11.9 Å². The molecule has 0 amide bonds. The molecule has 1 aromatic heterocycles. The lowest BCUT2D eigenvalue weighted by molar-refractivity contribution is -0.113. The van der Waals surface area contributed by atoms with E-state index in [2.05, 4.69) is 20.9 Å². The van der Waals surface area contributed by atoms with Gasteiger partial charge >= 0.3 is 0 Å². The molecule has 23 heavy (non-hydrogen) atoms. The Kier molecular flexibility index (Phi) is 3.51. The summed E-state index contributed by atoms with van der Waals surface area (Å²) in [6, 6.07) is 0.788. The predicted octanol–water partition coefficient (Wildman–Crippen LogP) is 1.71. The standard InChI is InChI=1S/C17H26N4OS/c1-19-16(14-3-2-4-15(14)18-19)23-21-11-17(12-21)9-20(10-17)13-5-7-22-8-6-13/h13H,2-12H2,1H3. The van der Waals surface area contributed by atoms with Gasteiger partial charge in [0.2, 0.25) is 0 Å². The Morgan fingerprint density at radius 1 is 1.13 bits per heavy atom. The van der Waals surface area contributed by atoms with Gasteiger partial charge in [0, 0.05) is 63.5 Å². The molecule has 0 radical (unpaired) electrons. The first-order valence-corrected chi connectivity index (χ1v) is 9.79. The SMILES string of the molecule is Cn1nc2c(c1SN1CC3(C1)CN(C1CCOCC1)C3)CCC2. The van der Waals surface area contributed by atoms with Gasteiger partial charge in [0.05, 0.1) is 5.69 Å². The lowest BCUT2D eigenvalue weighted by Crippen LogP contribution is -2.72. The third-order valence-electron chi connectivity index (χ3n) is 6.03. The van der Waals surface area contributed by atoms with Crippen LogP contribution in [0.3, 0.4) is 0 Å². The zero-order valence-electron chi connectivity index (χ0n) is 14.0. The predicted molar refractivity (Wildman–Crippen MR) is 90.5 cm³/mol. The van der Waals surface area contributed by atoms with Crippen molar-refractivity contribution in [3.63, 3.8) is 0 Å². The van der Waals surface area contributed by atoms with Gasteiger partial charge in [-0.15, -0.1) is 0 Å². The van der Waals surface area contributed by atoms with E-state index >= 15 is 0 Å². The van der Waals surface area contributed by atoms with E-state index in [0.717, 1.165) is 19.3 Å². The van der Waals surface area contributed by atoms with Crippen LogP contribution in [0.25, 0.3) is 0 Å². The van der Waals surface area contributed by atoms with Gasteiger partial charge in [-0.25, -0.2) is 4.31 Å². The summed E-state index contributed by atoms with van der Waals surface area (Å²) in [6.45, 7) is 7.02. The van der Waals surface area contributed by atoms with Crippen molar-refractivity contribution in [3.8, 4) is 0 Å². The average Bonchev–Trinajstić information content (AvgIpc) is 3.03. The molecule has 1 aliphatic carbocycles. The highest BCUT2D eigenvalue weighted by Gasteiger charge is 2.53. The van der Waals surface area contributed by atoms with Crippen LogP contribution in [0.15, 0.2) is 5.03 Å². The van der Waals surface area contributed by atoms with Gasteiger partial charge in [0.25, 0.3) is 0 Å². The fraction of sp³-hybridized carbons (Fsp3) is 0.824. The van der Waals surface area contributed by atoms with Crippen LogP contribution in [0.2, 0.25) is 0 Å². The number of rotatable bonds is 3. The molecular formula is C17H26N4OS. The number of fused-ring (bicyclic) bond motifs is 1. The number of hydrogen-bond acceptors (Lipinski definition) is 5. The molecule has 0 unspecified atom stereocenters. The summed E-state index contributed by atoms with van der Waals surface area (Å²) in [5.41, 5.74) is 3.46. The second-order valence-electron chi connectivity index (χ2n) is 7.85. The van der Waals surface area contributed by atoms with E-state index in [1.165, 1.54) is 74.6 Å². The molecule has 1 spiro atoms. The van der Waals surface area contributed by atoms with Crippen LogP contribution in [0.1, 0.15) is 30.5 Å². The van der Waals surface area contributed by atoms with Gasteiger partial charge in [0.15, 0.2) is 0 Å². The summed E-state index contributed by atoms with van der Waals surface area (Å²) in [4.78, 5) is 2.70. The normalized spacial score (nSPS) is 27.9. The highest BCUT2D eigenvalue weighted by atomic mass is 32.2. The average molecular weight is 334 g/mol. The molecule has 0 N–H and O–H groups in total. The fourth-order valence-electron chi connectivity index (χ4n) is 4.82. The number of nitrogens with zero attached hydrogens (tertiary/aromatic N) is 4. The van der Waals surface area contributed by atoms with Crippen LogP contribution < -0.4 is 0 Å². The van der Waals surface area contributed by atoms with Crippen LogP contribution in [0, 0.1) is 5.41 Å². The number of aryl methyl sites for hydroxylation is 2. The Bertz CT molecular complexity index is 596. The largest absolute Gasteiger partial charge is 0.381 e. The van der Waals surface area contributed by atoms with E-state index in [9.17, 15) is 0 Å². The van der Waals surface area contributed by atoms with Crippen molar-refractivity contribution < 1.29 is 4.74 Å². The van der Waals surface area contributed by atoms with E-state index in [4.69, 9.17) is 9.84 Å². The van der Waals surface area contributed by atoms with Crippen molar-refractivity contribution in [2.45, 2.75) is 43.2 Å². The Morgan fingerprint density at radius 2 is 1.91 bits per heavy atom. The number of hydrogen-bond donors (Lipinski definition) is 0. The Balaban J connectivity index is 1.16. The van der Waals surface area contributed by atoms with Gasteiger partial charge in [-0.2, -0.15) is 5.10 Å². The maximum atomic E-state index is 5.49. The number of likely N-dealkylation sites (tertiary alicyclic amines) is 1. The van der Waals surface area contributed by atoms with Crippen LogP contribution in [-0.2, 0) is 24.6 Å². The molecule has 0 atom stereocenters. The quantitative estimate of drug-likeness (QED) is 0.786. The fourth-order valence-corrected chi connectivity index (χ4v) is 6.23. The van der Waals surface area contributed by atoms with E-state index < -0.39 is 0 Å². The van der Waals surface area contributed by atoms with Crippen molar-refractivity contribution >= 4 is 11.9 Å². The lowest BCUT2D eigenvalue weighted by Gasteiger charge is -2.61. The zero-order chi connectivity index (χ0) is 15.4. The van der Waals surface area contributed by atoms with Crippen LogP contribution in [0.4, 0.5) is 0 Å². The summed E-state index contributed by atoms with van der Waals surface area (Å²) in [5.74, 6) is 0. The lowest BCUT2D eigenvalue weighted by atomic mass is 9.73. The van der Waals surface area contributed by atoms with Crippen molar-refractivity contribution in [3.05, 3.63) is 11.3 Å². The maximum Gasteiger partial charge on any atom is 0.112 e.